The second kappa shape index (κ2) is 3.38. The van der Waals surface area contributed by atoms with E-state index in [4.69, 9.17) is 4.52 Å². The van der Waals surface area contributed by atoms with Crippen molar-refractivity contribution in [1.29, 1.82) is 0 Å². The van der Waals surface area contributed by atoms with Gasteiger partial charge in [-0.05, 0) is 13.8 Å². The molecule has 0 bridgehead atoms. The van der Waals surface area contributed by atoms with E-state index in [0.29, 0.717) is 18.0 Å². The molecular weight excluding hydrogens is 156 g/mol. The Labute approximate surface area is 71.1 Å². The van der Waals surface area contributed by atoms with E-state index in [1.54, 1.807) is 24.9 Å². The third-order valence-corrected chi connectivity index (χ3v) is 1.67. The third kappa shape index (κ3) is 1.64. The molecule has 0 fully saturated rings. The van der Waals surface area contributed by atoms with Crippen LogP contribution in [0.5, 0.6) is 0 Å². The lowest BCUT2D eigenvalue weighted by Gasteiger charge is -2.11. The summed E-state index contributed by atoms with van der Waals surface area (Å²) in [6, 6.07) is 1.63. The molecule has 0 saturated heterocycles. The lowest BCUT2D eigenvalue weighted by Crippen LogP contribution is -2.26. The van der Waals surface area contributed by atoms with Gasteiger partial charge in [-0.15, -0.1) is 0 Å². The van der Waals surface area contributed by atoms with Gasteiger partial charge in [-0.1, -0.05) is 5.16 Å². The van der Waals surface area contributed by atoms with E-state index in [1.165, 1.54) is 0 Å². The van der Waals surface area contributed by atoms with Crippen LogP contribution in [-0.4, -0.2) is 29.6 Å². The summed E-state index contributed by atoms with van der Waals surface area (Å²) >= 11 is 0. The van der Waals surface area contributed by atoms with Crippen molar-refractivity contribution < 1.29 is 9.32 Å². The number of aryl methyl sites for hydroxylation is 1. The van der Waals surface area contributed by atoms with Crippen LogP contribution in [0, 0.1) is 6.92 Å². The minimum Gasteiger partial charge on any atom is -0.361 e. The Kier molecular flexibility index (Phi) is 2.47. The van der Waals surface area contributed by atoms with Gasteiger partial charge >= 0.3 is 0 Å². The third-order valence-electron chi connectivity index (χ3n) is 1.67. The normalized spacial score (nSPS) is 9.92. The summed E-state index contributed by atoms with van der Waals surface area (Å²) in [4.78, 5) is 13.0. The van der Waals surface area contributed by atoms with Gasteiger partial charge in [0.2, 0.25) is 0 Å². The van der Waals surface area contributed by atoms with Crippen molar-refractivity contribution in [2.75, 3.05) is 13.6 Å². The zero-order valence-electron chi connectivity index (χ0n) is 7.50. The first kappa shape index (κ1) is 8.77. The Morgan fingerprint density at radius 2 is 2.42 bits per heavy atom. The molecule has 1 rings (SSSR count). The minimum absolute atomic E-state index is 0.102. The van der Waals surface area contributed by atoms with Crippen LogP contribution in [-0.2, 0) is 0 Å². The first-order valence-electron chi connectivity index (χ1n) is 3.84. The van der Waals surface area contributed by atoms with Gasteiger partial charge in [0.25, 0.3) is 5.91 Å². The van der Waals surface area contributed by atoms with Gasteiger partial charge in [-0.25, -0.2) is 0 Å². The van der Waals surface area contributed by atoms with Gasteiger partial charge in [-0.2, -0.15) is 0 Å². The Morgan fingerprint density at radius 3 is 2.83 bits per heavy atom. The average molecular weight is 168 g/mol. The molecule has 0 N–H and O–H groups in total. The van der Waals surface area contributed by atoms with E-state index >= 15 is 0 Å². The summed E-state index contributed by atoms with van der Waals surface area (Å²) < 4.78 is 4.78. The van der Waals surface area contributed by atoms with Gasteiger partial charge in [0, 0.05) is 19.7 Å². The Morgan fingerprint density at radius 1 is 1.75 bits per heavy atom. The number of hydrogen-bond acceptors (Lipinski definition) is 3. The predicted molar refractivity (Wildman–Crippen MR) is 43.9 cm³/mol. The number of nitrogens with zero attached hydrogens (tertiary/aromatic N) is 2. The molecule has 0 aliphatic heterocycles. The summed E-state index contributed by atoms with van der Waals surface area (Å²) in [6.07, 6.45) is 0. The standard InChI is InChI=1S/C8H12N2O2/c1-4-10(3)8(11)7-5-6(2)12-9-7/h5H,4H2,1-3H3. The number of aromatic nitrogens is 1. The van der Waals surface area contributed by atoms with E-state index in [9.17, 15) is 4.79 Å². The van der Waals surface area contributed by atoms with Crippen LogP contribution in [0.1, 0.15) is 23.2 Å². The van der Waals surface area contributed by atoms with Crippen molar-refractivity contribution >= 4 is 5.91 Å². The second-order valence-electron chi connectivity index (χ2n) is 2.64. The van der Waals surface area contributed by atoms with E-state index in [-0.39, 0.29) is 5.91 Å². The second-order valence-corrected chi connectivity index (χ2v) is 2.64. The topological polar surface area (TPSA) is 46.3 Å². The first-order chi connectivity index (χ1) is 5.65. The minimum atomic E-state index is -0.102. The maximum absolute atomic E-state index is 11.4. The fraction of sp³-hybridized carbons (Fsp3) is 0.500. The summed E-state index contributed by atoms with van der Waals surface area (Å²) in [5.74, 6) is 0.553. The Bertz CT molecular complexity index is 280. The maximum atomic E-state index is 11.4. The van der Waals surface area contributed by atoms with Crippen molar-refractivity contribution in [3.05, 3.63) is 17.5 Å². The molecule has 0 aliphatic rings. The van der Waals surface area contributed by atoms with Gasteiger partial charge < -0.3 is 9.42 Å². The van der Waals surface area contributed by atoms with E-state index in [1.807, 2.05) is 6.92 Å². The van der Waals surface area contributed by atoms with Crippen LogP contribution in [0.4, 0.5) is 0 Å². The molecule has 66 valence electrons. The molecule has 4 nitrogen and oxygen atoms in total. The van der Waals surface area contributed by atoms with Crippen molar-refractivity contribution in [1.82, 2.24) is 10.1 Å². The first-order valence-corrected chi connectivity index (χ1v) is 3.84. The number of carbonyl (C=O) groups is 1. The van der Waals surface area contributed by atoms with Crippen LogP contribution in [0.15, 0.2) is 10.6 Å². The lowest BCUT2D eigenvalue weighted by molar-refractivity contribution is 0.0792. The molecule has 1 aromatic heterocycles. The van der Waals surface area contributed by atoms with Crippen molar-refractivity contribution in [3.8, 4) is 0 Å². The molecule has 1 aromatic rings. The van der Waals surface area contributed by atoms with Crippen LogP contribution in [0.3, 0.4) is 0 Å². The molecular formula is C8H12N2O2. The summed E-state index contributed by atoms with van der Waals surface area (Å²) in [7, 11) is 1.73. The van der Waals surface area contributed by atoms with Crippen LogP contribution < -0.4 is 0 Å². The number of amides is 1. The van der Waals surface area contributed by atoms with E-state index < -0.39 is 0 Å². The molecule has 1 amide bonds. The predicted octanol–water partition coefficient (Wildman–Crippen LogP) is 1.07. The largest absolute Gasteiger partial charge is 0.361 e. The van der Waals surface area contributed by atoms with E-state index in [0.717, 1.165) is 0 Å². The highest BCUT2D eigenvalue weighted by Gasteiger charge is 2.13. The zero-order chi connectivity index (χ0) is 9.14. The highest BCUT2D eigenvalue weighted by molar-refractivity contribution is 5.91. The van der Waals surface area contributed by atoms with Crippen LogP contribution in [0.25, 0.3) is 0 Å². The fourth-order valence-electron chi connectivity index (χ4n) is 0.806. The van der Waals surface area contributed by atoms with Crippen molar-refractivity contribution in [3.63, 3.8) is 0 Å². The number of carbonyl (C=O) groups excluding carboxylic acids is 1. The van der Waals surface area contributed by atoms with Gasteiger partial charge in [0.1, 0.15) is 5.76 Å². The molecule has 0 saturated carbocycles. The van der Waals surface area contributed by atoms with Crippen molar-refractivity contribution in [2.45, 2.75) is 13.8 Å². The quantitative estimate of drug-likeness (QED) is 0.663. The monoisotopic (exact) mass is 168 g/mol. The zero-order valence-corrected chi connectivity index (χ0v) is 7.50. The van der Waals surface area contributed by atoms with Gasteiger partial charge in [0.15, 0.2) is 5.69 Å². The molecule has 0 atom stereocenters. The highest BCUT2D eigenvalue weighted by Crippen LogP contribution is 2.03. The highest BCUT2D eigenvalue weighted by atomic mass is 16.5. The molecule has 4 heteroatoms. The average Bonchev–Trinajstić information content (AvgIpc) is 2.49. The fourth-order valence-corrected chi connectivity index (χ4v) is 0.806. The molecule has 0 spiro atoms. The molecule has 12 heavy (non-hydrogen) atoms. The molecule has 0 unspecified atom stereocenters. The van der Waals surface area contributed by atoms with Gasteiger partial charge in [0.05, 0.1) is 0 Å². The van der Waals surface area contributed by atoms with E-state index in [2.05, 4.69) is 5.16 Å². The molecule has 1 heterocycles. The molecule has 0 aliphatic carbocycles. The molecule has 0 radical (unpaired) electrons. The smallest absolute Gasteiger partial charge is 0.275 e. The summed E-state index contributed by atoms with van der Waals surface area (Å²) in [5, 5.41) is 3.62. The SMILES string of the molecule is CCN(C)C(=O)c1cc(C)on1. The Balaban J connectivity index is 2.78. The Hall–Kier alpha value is -1.32. The summed E-state index contributed by atoms with van der Waals surface area (Å²) in [5.41, 5.74) is 0.372. The van der Waals surface area contributed by atoms with Gasteiger partial charge in [-0.3, -0.25) is 4.79 Å². The van der Waals surface area contributed by atoms with Crippen molar-refractivity contribution in [2.24, 2.45) is 0 Å². The number of rotatable bonds is 2. The summed E-state index contributed by atoms with van der Waals surface area (Å²) in [6.45, 7) is 4.34. The molecule has 0 aromatic carbocycles. The van der Waals surface area contributed by atoms with Crippen LogP contribution >= 0.6 is 0 Å². The maximum Gasteiger partial charge on any atom is 0.275 e. The lowest BCUT2D eigenvalue weighted by atomic mass is 10.3. The number of hydrogen-bond donors (Lipinski definition) is 0. The van der Waals surface area contributed by atoms with Crippen LogP contribution in [0.2, 0.25) is 0 Å².